The highest BCUT2D eigenvalue weighted by Gasteiger charge is 2.37. The topological polar surface area (TPSA) is 90.0 Å². The van der Waals surface area contributed by atoms with Crippen LogP contribution in [0.25, 0.3) is 0 Å². The van der Waals surface area contributed by atoms with Gasteiger partial charge < -0.3 is 9.47 Å². The molecule has 0 aliphatic carbocycles. The fourth-order valence-electron chi connectivity index (χ4n) is 2.92. The number of benzene rings is 2. The maximum absolute atomic E-state index is 12.4. The van der Waals surface area contributed by atoms with Crippen LogP contribution in [0.3, 0.4) is 0 Å². The zero-order valence-corrected chi connectivity index (χ0v) is 15.5. The minimum absolute atomic E-state index is 0.249. The first-order chi connectivity index (χ1) is 13.4. The van der Waals surface area contributed by atoms with Gasteiger partial charge in [-0.2, -0.15) is 0 Å². The predicted octanol–water partition coefficient (Wildman–Crippen LogP) is 2.50. The Morgan fingerprint density at radius 3 is 2.07 bits per heavy atom. The summed E-state index contributed by atoms with van der Waals surface area (Å²) in [5.74, 6) is -1.69. The molecule has 1 aliphatic heterocycles. The van der Waals surface area contributed by atoms with Gasteiger partial charge in [0, 0.05) is 5.56 Å². The number of fused-ring (bicyclic) bond motifs is 1. The molecular formula is C21H19NO6. The second kappa shape index (κ2) is 8.04. The van der Waals surface area contributed by atoms with E-state index in [2.05, 4.69) is 0 Å². The lowest BCUT2D eigenvalue weighted by molar-refractivity contribution is -0.146. The summed E-state index contributed by atoms with van der Waals surface area (Å²) in [6.07, 6.45) is -1.05. The number of rotatable bonds is 7. The molecule has 2 aromatic rings. The van der Waals surface area contributed by atoms with Crippen molar-refractivity contribution in [1.82, 2.24) is 4.90 Å². The van der Waals surface area contributed by atoms with E-state index in [4.69, 9.17) is 9.47 Å². The molecule has 0 saturated heterocycles. The van der Waals surface area contributed by atoms with E-state index in [1.807, 2.05) is 6.92 Å². The summed E-state index contributed by atoms with van der Waals surface area (Å²) >= 11 is 0. The van der Waals surface area contributed by atoms with Gasteiger partial charge in [0.25, 0.3) is 11.8 Å². The van der Waals surface area contributed by atoms with Gasteiger partial charge in [-0.05, 0) is 50.2 Å². The molecule has 0 N–H and O–H groups in total. The van der Waals surface area contributed by atoms with E-state index in [-0.39, 0.29) is 11.1 Å². The van der Waals surface area contributed by atoms with Crippen LogP contribution in [0.2, 0.25) is 0 Å². The van der Waals surface area contributed by atoms with Crippen LogP contribution in [0.5, 0.6) is 5.75 Å². The molecule has 0 spiro atoms. The van der Waals surface area contributed by atoms with Crippen molar-refractivity contribution in [1.29, 1.82) is 0 Å². The van der Waals surface area contributed by atoms with Crippen LogP contribution in [-0.4, -0.2) is 47.7 Å². The summed E-state index contributed by atoms with van der Waals surface area (Å²) in [6.45, 7) is 3.26. The average Bonchev–Trinajstić information content (AvgIpc) is 2.93. The quantitative estimate of drug-likeness (QED) is 0.416. The Labute approximate surface area is 161 Å². The molecule has 28 heavy (non-hydrogen) atoms. The molecule has 0 unspecified atom stereocenters. The summed E-state index contributed by atoms with van der Waals surface area (Å²) in [7, 11) is 0. The highest BCUT2D eigenvalue weighted by Crippen LogP contribution is 2.22. The maximum atomic E-state index is 12.4. The monoisotopic (exact) mass is 381 g/mol. The van der Waals surface area contributed by atoms with Crippen LogP contribution in [0.15, 0.2) is 48.5 Å². The van der Waals surface area contributed by atoms with Crippen LogP contribution >= 0.6 is 0 Å². The Morgan fingerprint density at radius 1 is 0.964 bits per heavy atom. The number of hydrogen-bond acceptors (Lipinski definition) is 6. The van der Waals surface area contributed by atoms with E-state index in [0.717, 1.165) is 4.90 Å². The molecule has 0 radical (unpaired) electrons. The predicted molar refractivity (Wildman–Crippen MR) is 99.3 cm³/mol. The first kappa shape index (κ1) is 19.3. The Balaban J connectivity index is 1.61. The summed E-state index contributed by atoms with van der Waals surface area (Å²) < 4.78 is 10.5. The van der Waals surface area contributed by atoms with Gasteiger partial charge in [-0.1, -0.05) is 12.1 Å². The summed E-state index contributed by atoms with van der Waals surface area (Å²) in [4.78, 5) is 50.0. The third-order valence-corrected chi connectivity index (χ3v) is 4.29. The van der Waals surface area contributed by atoms with Crippen LogP contribution < -0.4 is 4.74 Å². The molecule has 0 fully saturated rings. The molecule has 0 saturated carbocycles. The van der Waals surface area contributed by atoms with Gasteiger partial charge in [-0.3, -0.25) is 24.1 Å². The lowest BCUT2D eigenvalue weighted by Crippen LogP contribution is -2.37. The second-order valence-corrected chi connectivity index (χ2v) is 6.20. The number of imide groups is 1. The summed E-state index contributed by atoms with van der Waals surface area (Å²) in [5, 5.41) is 0. The van der Waals surface area contributed by atoms with Crippen molar-refractivity contribution < 1.29 is 28.7 Å². The Morgan fingerprint density at radius 2 is 1.54 bits per heavy atom. The van der Waals surface area contributed by atoms with E-state index >= 15 is 0 Å². The van der Waals surface area contributed by atoms with Crippen LogP contribution in [-0.2, 0) is 9.53 Å². The van der Waals surface area contributed by atoms with Gasteiger partial charge >= 0.3 is 5.97 Å². The minimum atomic E-state index is -1.05. The number of hydrogen-bond donors (Lipinski definition) is 0. The molecule has 1 atom stereocenters. The number of Topliss-reactive ketones (excluding diaryl/α,β-unsaturated/α-hetero) is 1. The average molecular weight is 381 g/mol. The molecule has 144 valence electrons. The summed E-state index contributed by atoms with van der Waals surface area (Å²) in [5.41, 5.74) is 0.863. The van der Waals surface area contributed by atoms with E-state index in [9.17, 15) is 19.2 Å². The SMILES string of the molecule is CCOc1ccc(C(=O)[C@H](C)OC(=O)CN2C(=O)c3ccccc3C2=O)cc1. The molecule has 2 aromatic carbocycles. The maximum Gasteiger partial charge on any atom is 0.326 e. The first-order valence-electron chi connectivity index (χ1n) is 8.84. The number of carbonyl (C=O) groups is 4. The van der Waals surface area contributed by atoms with Gasteiger partial charge in [0.2, 0.25) is 5.78 Å². The third kappa shape index (κ3) is 3.78. The smallest absolute Gasteiger partial charge is 0.326 e. The molecule has 7 nitrogen and oxygen atoms in total. The molecule has 1 aliphatic rings. The molecule has 2 amide bonds. The molecule has 3 rings (SSSR count). The zero-order chi connectivity index (χ0) is 20.3. The number of ether oxygens (including phenoxy) is 2. The Hall–Kier alpha value is -3.48. The van der Waals surface area contributed by atoms with E-state index in [1.165, 1.54) is 19.1 Å². The van der Waals surface area contributed by atoms with Crippen LogP contribution in [0.1, 0.15) is 44.9 Å². The zero-order valence-electron chi connectivity index (χ0n) is 15.5. The highest BCUT2D eigenvalue weighted by atomic mass is 16.5. The molecule has 1 heterocycles. The molecule has 0 aromatic heterocycles. The molecule has 0 bridgehead atoms. The fourth-order valence-corrected chi connectivity index (χ4v) is 2.92. The lowest BCUT2D eigenvalue weighted by Gasteiger charge is -2.16. The molecule has 7 heteroatoms. The number of ketones is 1. The fraction of sp³-hybridized carbons (Fsp3) is 0.238. The van der Waals surface area contributed by atoms with Crippen molar-refractivity contribution in [2.24, 2.45) is 0 Å². The van der Waals surface area contributed by atoms with Crippen LogP contribution in [0, 0.1) is 0 Å². The van der Waals surface area contributed by atoms with Gasteiger partial charge in [0.15, 0.2) is 6.10 Å². The number of nitrogens with zero attached hydrogens (tertiary/aromatic N) is 1. The second-order valence-electron chi connectivity index (χ2n) is 6.20. The third-order valence-electron chi connectivity index (χ3n) is 4.29. The van der Waals surface area contributed by atoms with Crippen molar-refractivity contribution in [3.05, 3.63) is 65.2 Å². The van der Waals surface area contributed by atoms with E-state index in [0.29, 0.717) is 17.9 Å². The Kier molecular flexibility index (Phi) is 5.54. The number of esters is 1. The standard InChI is InChI=1S/C21H19NO6/c1-3-27-15-10-8-14(9-11-15)19(24)13(2)28-18(23)12-22-20(25)16-6-4-5-7-17(16)21(22)26/h4-11,13H,3,12H2,1-2H3/t13-/m0/s1. The van der Waals surface area contributed by atoms with Gasteiger partial charge in [0.05, 0.1) is 17.7 Å². The van der Waals surface area contributed by atoms with Gasteiger partial charge in [0.1, 0.15) is 12.3 Å². The highest BCUT2D eigenvalue weighted by molar-refractivity contribution is 6.22. The van der Waals surface area contributed by atoms with Crippen LogP contribution in [0.4, 0.5) is 0 Å². The van der Waals surface area contributed by atoms with E-state index < -0.39 is 36.2 Å². The minimum Gasteiger partial charge on any atom is -0.494 e. The first-order valence-corrected chi connectivity index (χ1v) is 8.84. The largest absolute Gasteiger partial charge is 0.494 e. The summed E-state index contributed by atoms with van der Waals surface area (Å²) in [6, 6.07) is 12.8. The van der Waals surface area contributed by atoms with Crippen molar-refractivity contribution in [2.75, 3.05) is 13.2 Å². The lowest BCUT2D eigenvalue weighted by atomic mass is 10.1. The van der Waals surface area contributed by atoms with Crippen molar-refractivity contribution in [3.8, 4) is 5.75 Å². The van der Waals surface area contributed by atoms with E-state index in [1.54, 1.807) is 36.4 Å². The molecular weight excluding hydrogens is 362 g/mol. The van der Waals surface area contributed by atoms with Gasteiger partial charge in [-0.25, -0.2) is 0 Å². The normalized spacial score (nSPS) is 13.9. The van der Waals surface area contributed by atoms with Crippen molar-refractivity contribution in [2.45, 2.75) is 20.0 Å². The number of amides is 2. The number of carbonyl (C=O) groups excluding carboxylic acids is 4. The van der Waals surface area contributed by atoms with Crippen molar-refractivity contribution in [3.63, 3.8) is 0 Å². The Bertz CT molecular complexity index is 899. The van der Waals surface area contributed by atoms with Gasteiger partial charge in [-0.15, -0.1) is 0 Å². The van der Waals surface area contributed by atoms with Crippen molar-refractivity contribution >= 4 is 23.6 Å².